The Balaban J connectivity index is 1.83. The van der Waals surface area contributed by atoms with Crippen molar-refractivity contribution in [2.24, 2.45) is 5.92 Å². The van der Waals surface area contributed by atoms with Gasteiger partial charge in [0, 0.05) is 18.1 Å². The Morgan fingerprint density at radius 2 is 2.00 bits per heavy atom. The SMILES string of the molecule is CCC(C)(C)NC(=O)C(C)NC1CN2CCC1CC2. The van der Waals surface area contributed by atoms with Crippen LogP contribution in [0.2, 0.25) is 0 Å². The molecule has 3 heterocycles. The topological polar surface area (TPSA) is 44.4 Å². The molecule has 4 heteroatoms. The van der Waals surface area contributed by atoms with Gasteiger partial charge in [0.15, 0.2) is 0 Å². The summed E-state index contributed by atoms with van der Waals surface area (Å²) in [5, 5.41) is 6.67. The van der Waals surface area contributed by atoms with Crippen molar-refractivity contribution in [3.05, 3.63) is 0 Å². The van der Waals surface area contributed by atoms with E-state index < -0.39 is 0 Å². The maximum Gasteiger partial charge on any atom is 0.237 e. The van der Waals surface area contributed by atoms with Gasteiger partial charge >= 0.3 is 0 Å². The first-order valence-electron chi connectivity index (χ1n) is 7.71. The molecule has 110 valence electrons. The Hall–Kier alpha value is -0.610. The van der Waals surface area contributed by atoms with Crippen molar-refractivity contribution in [1.29, 1.82) is 0 Å². The van der Waals surface area contributed by atoms with Gasteiger partial charge in [-0.1, -0.05) is 6.92 Å². The molecule has 3 aliphatic heterocycles. The van der Waals surface area contributed by atoms with E-state index in [1.54, 1.807) is 0 Å². The Morgan fingerprint density at radius 1 is 1.37 bits per heavy atom. The van der Waals surface area contributed by atoms with Gasteiger partial charge in [-0.25, -0.2) is 0 Å². The average molecular weight is 267 g/mol. The maximum absolute atomic E-state index is 12.2. The minimum Gasteiger partial charge on any atom is -0.350 e. The number of rotatable bonds is 5. The summed E-state index contributed by atoms with van der Waals surface area (Å²) >= 11 is 0. The lowest BCUT2D eigenvalue weighted by molar-refractivity contribution is -0.125. The van der Waals surface area contributed by atoms with Gasteiger partial charge < -0.3 is 15.5 Å². The lowest BCUT2D eigenvalue weighted by Gasteiger charge is -2.46. The molecule has 0 aromatic rings. The highest BCUT2D eigenvalue weighted by Crippen LogP contribution is 2.27. The van der Waals surface area contributed by atoms with Crippen molar-refractivity contribution in [3.63, 3.8) is 0 Å². The fraction of sp³-hybridized carbons (Fsp3) is 0.933. The summed E-state index contributed by atoms with van der Waals surface area (Å²) in [6.45, 7) is 11.8. The highest BCUT2D eigenvalue weighted by Gasteiger charge is 2.35. The van der Waals surface area contributed by atoms with E-state index in [0.717, 1.165) is 18.9 Å². The molecule has 3 saturated heterocycles. The van der Waals surface area contributed by atoms with Gasteiger partial charge in [-0.2, -0.15) is 0 Å². The molecular weight excluding hydrogens is 238 g/mol. The molecule has 0 aromatic carbocycles. The molecule has 2 N–H and O–H groups in total. The minimum atomic E-state index is -0.109. The third-order valence-electron chi connectivity index (χ3n) is 4.86. The summed E-state index contributed by atoms with van der Waals surface area (Å²) < 4.78 is 0. The second-order valence-electron chi connectivity index (χ2n) is 6.86. The molecule has 3 rings (SSSR count). The number of nitrogens with one attached hydrogen (secondary N) is 2. The van der Waals surface area contributed by atoms with Crippen LogP contribution in [0.25, 0.3) is 0 Å². The third kappa shape index (κ3) is 3.69. The van der Waals surface area contributed by atoms with Crippen LogP contribution in [-0.2, 0) is 4.79 Å². The van der Waals surface area contributed by atoms with Crippen LogP contribution in [0.3, 0.4) is 0 Å². The van der Waals surface area contributed by atoms with Crippen molar-refractivity contribution >= 4 is 5.91 Å². The Morgan fingerprint density at radius 3 is 2.47 bits per heavy atom. The number of hydrogen-bond acceptors (Lipinski definition) is 3. The van der Waals surface area contributed by atoms with E-state index in [1.165, 1.54) is 25.9 Å². The number of nitrogens with zero attached hydrogens (tertiary/aromatic N) is 1. The number of piperidine rings is 3. The van der Waals surface area contributed by atoms with Crippen LogP contribution in [0, 0.1) is 5.92 Å². The molecule has 0 radical (unpaired) electrons. The second kappa shape index (κ2) is 5.80. The van der Waals surface area contributed by atoms with E-state index in [1.807, 2.05) is 6.92 Å². The fourth-order valence-corrected chi connectivity index (χ4v) is 3.08. The van der Waals surface area contributed by atoms with Crippen LogP contribution in [-0.4, -0.2) is 48.1 Å². The largest absolute Gasteiger partial charge is 0.350 e. The fourth-order valence-electron chi connectivity index (χ4n) is 3.08. The van der Waals surface area contributed by atoms with Gasteiger partial charge in [0.1, 0.15) is 0 Å². The molecule has 0 spiro atoms. The maximum atomic E-state index is 12.2. The van der Waals surface area contributed by atoms with Crippen molar-refractivity contribution < 1.29 is 4.79 Å². The summed E-state index contributed by atoms with van der Waals surface area (Å²) in [4.78, 5) is 14.7. The van der Waals surface area contributed by atoms with Crippen LogP contribution in [0.1, 0.15) is 47.0 Å². The predicted octanol–water partition coefficient (Wildman–Crippen LogP) is 1.36. The summed E-state index contributed by atoms with van der Waals surface area (Å²) in [5.41, 5.74) is -0.109. The molecule has 0 saturated carbocycles. The highest BCUT2D eigenvalue weighted by molar-refractivity contribution is 5.82. The zero-order chi connectivity index (χ0) is 14.0. The van der Waals surface area contributed by atoms with E-state index in [0.29, 0.717) is 6.04 Å². The van der Waals surface area contributed by atoms with Crippen LogP contribution in [0.15, 0.2) is 0 Å². The molecule has 1 amide bonds. The Labute approximate surface area is 117 Å². The molecule has 2 unspecified atom stereocenters. The molecule has 3 fully saturated rings. The van der Waals surface area contributed by atoms with E-state index in [4.69, 9.17) is 0 Å². The third-order valence-corrected chi connectivity index (χ3v) is 4.86. The van der Waals surface area contributed by atoms with Crippen LogP contribution < -0.4 is 10.6 Å². The van der Waals surface area contributed by atoms with Gasteiger partial charge in [-0.3, -0.25) is 4.79 Å². The van der Waals surface area contributed by atoms with Crippen molar-refractivity contribution in [1.82, 2.24) is 15.5 Å². The van der Waals surface area contributed by atoms with E-state index >= 15 is 0 Å². The molecule has 0 aliphatic carbocycles. The quantitative estimate of drug-likeness (QED) is 0.790. The van der Waals surface area contributed by atoms with Gasteiger partial charge in [0.05, 0.1) is 6.04 Å². The number of amides is 1. The normalized spacial score (nSPS) is 32.1. The van der Waals surface area contributed by atoms with E-state index in [2.05, 4.69) is 36.3 Å². The van der Waals surface area contributed by atoms with Gasteiger partial charge in [0.2, 0.25) is 5.91 Å². The first-order valence-corrected chi connectivity index (χ1v) is 7.71. The lowest BCUT2D eigenvalue weighted by atomic mass is 9.83. The van der Waals surface area contributed by atoms with Crippen LogP contribution in [0.4, 0.5) is 0 Å². The summed E-state index contributed by atoms with van der Waals surface area (Å²) in [6, 6.07) is 0.393. The Kier molecular flexibility index (Phi) is 4.51. The summed E-state index contributed by atoms with van der Waals surface area (Å²) in [7, 11) is 0. The molecule has 4 nitrogen and oxygen atoms in total. The minimum absolute atomic E-state index is 0.101. The molecular formula is C15H29N3O. The van der Waals surface area contributed by atoms with Gasteiger partial charge in [0.25, 0.3) is 0 Å². The van der Waals surface area contributed by atoms with E-state index in [9.17, 15) is 4.79 Å². The molecule has 0 aromatic heterocycles. The Bertz CT molecular complexity index is 321. The summed E-state index contributed by atoms with van der Waals surface area (Å²) in [6.07, 6.45) is 3.52. The monoisotopic (exact) mass is 267 g/mol. The first-order chi connectivity index (χ1) is 8.91. The van der Waals surface area contributed by atoms with Gasteiger partial charge in [-0.05, 0) is 59.0 Å². The lowest BCUT2D eigenvalue weighted by Crippen LogP contribution is -2.60. The van der Waals surface area contributed by atoms with E-state index in [-0.39, 0.29) is 17.5 Å². The van der Waals surface area contributed by atoms with Crippen LogP contribution >= 0.6 is 0 Å². The van der Waals surface area contributed by atoms with Crippen molar-refractivity contribution in [2.75, 3.05) is 19.6 Å². The molecule has 19 heavy (non-hydrogen) atoms. The van der Waals surface area contributed by atoms with Crippen LogP contribution in [0.5, 0.6) is 0 Å². The zero-order valence-electron chi connectivity index (χ0n) is 12.8. The summed E-state index contributed by atoms with van der Waals surface area (Å²) in [5.74, 6) is 0.891. The number of carbonyl (C=O) groups excluding carboxylic acids is 1. The number of hydrogen-bond donors (Lipinski definition) is 2. The number of carbonyl (C=O) groups is 1. The zero-order valence-corrected chi connectivity index (χ0v) is 12.8. The average Bonchev–Trinajstić information content (AvgIpc) is 2.39. The predicted molar refractivity (Wildman–Crippen MR) is 78.1 cm³/mol. The van der Waals surface area contributed by atoms with Gasteiger partial charge in [-0.15, -0.1) is 0 Å². The molecule has 3 aliphatic rings. The molecule has 2 atom stereocenters. The molecule has 2 bridgehead atoms. The highest BCUT2D eigenvalue weighted by atomic mass is 16.2. The standard InChI is InChI=1S/C15H29N3O/c1-5-15(3,4)17-14(19)11(2)16-13-10-18-8-6-12(13)7-9-18/h11-13,16H,5-10H2,1-4H3,(H,17,19). The smallest absolute Gasteiger partial charge is 0.237 e. The van der Waals surface area contributed by atoms with Crippen molar-refractivity contribution in [3.8, 4) is 0 Å². The number of fused-ring (bicyclic) bond motifs is 3. The second-order valence-corrected chi connectivity index (χ2v) is 6.86. The first kappa shape index (κ1) is 14.8. The van der Waals surface area contributed by atoms with Crippen molar-refractivity contribution in [2.45, 2.75) is 64.6 Å².